The first-order valence-electron chi connectivity index (χ1n) is 7.84. The van der Waals surface area contributed by atoms with E-state index in [9.17, 15) is 13.2 Å². The maximum atomic E-state index is 12.5. The number of fused-ring (bicyclic) bond motifs is 1. The molecule has 2 aliphatic rings. The average molecular weight is 338 g/mol. The normalized spacial score (nSPS) is 27.0. The highest BCUT2D eigenvalue weighted by Crippen LogP contribution is 2.38. The Morgan fingerprint density at radius 1 is 1.26 bits per heavy atom. The van der Waals surface area contributed by atoms with Crippen molar-refractivity contribution in [3.05, 3.63) is 29.8 Å². The van der Waals surface area contributed by atoms with E-state index in [2.05, 4.69) is 4.72 Å². The van der Waals surface area contributed by atoms with E-state index >= 15 is 0 Å². The van der Waals surface area contributed by atoms with Crippen LogP contribution in [0, 0.1) is 5.92 Å². The van der Waals surface area contributed by atoms with Crippen LogP contribution < -0.4 is 4.72 Å². The number of amides is 1. The number of carbonyl (C=O) groups is 1. The van der Waals surface area contributed by atoms with Crippen LogP contribution in [-0.4, -0.2) is 52.1 Å². The van der Waals surface area contributed by atoms with Gasteiger partial charge in [-0.15, -0.1) is 0 Å². The summed E-state index contributed by atoms with van der Waals surface area (Å²) in [5, 5.41) is 0. The molecule has 1 saturated carbocycles. The highest BCUT2D eigenvalue weighted by atomic mass is 32.2. The first kappa shape index (κ1) is 16.4. The third kappa shape index (κ3) is 3.27. The fourth-order valence-corrected chi connectivity index (χ4v) is 4.53. The maximum absolute atomic E-state index is 12.5. The molecule has 126 valence electrons. The predicted molar refractivity (Wildman–Crippen MR) is 85.7 cm³/mol. The summed E-state index contributed by atoms with van der Waals surface area (Å²) in [5.74, 6) is 0.135. The van der Waals surface area contributed by atoms with Gasteiger partial charge in [-0.3, -0.25) is 4.79 Å². The minimum Gasteiger partial charge on any atom is -0.378 e. The van der Waals surface area contributed by atoms with Gasteiger partial charge in [-0.05, 0) is 43.5 Å². The summed E-state index contributed by atoms with van der Waals surface area (Å²) in [6.07, 6.45) is 2.94. The molecule has 2 fully saturated rings. The van der Waals surface area contributed by atoms with Gasteiger partial charge >= 0.3 is 0 Å². The molecule has 7 heteroatoms. The topological polar surface area (TPSA) is 75.7 Å². The molecular weight excluding hydrogens is 316 g/mol. The smallest absolute Gasteiger partial charge is 0.253 e. The Morgan fingerprint density at radius 3 is 2.57 bits per heavy atom. The zero-order chi connectivity index (χ0) is 16.6. The lowest BCUT2D eigenvalue weighted by molar-refractivity contribution is -0.0980. The monoisotopic (exact) mass is 338 g/mol. The lowest BCUT2D eigenvalue weighted by Gasteiger charge is -2.47. The summed E-state index contributed by atoms with van der Waals surface area (Å²) >= 11 is 0. The van der Waals surface area contributed by atoms with Crippen molar-refractivity contribution >= 4 is 15.9 Å². The van der Waals surface area contributed by atoms with Crippen molar-refractivity contribution in [1.82, 2.24) is 9.62 Å². The van der Waals surface area contributed by atoms with Crippen LogP contribution in [0.3, 0.4) is 0 Å². The van der Waals surface area contributed by atoms with E-state index in [1.54, 1.807) is 26.2 Å². The molecule has 1 aromatic carbocycles. The molecule has 3 atom stereocenters. The summed E-state index contributed by atoms with van der Waals surface area (Å²) in [6.45, 7) is 0.780. The lowest BCUT2D eigenvalue weighted by Crippen LogP contribution is -2.57. The number of sulfonamides is 1. The Hall–Kier alpha value is -1.44. The number of nitrogens with zero attached hydrogens (tertiary/aromatic N) is 1. The molecule has 6 nitrogen and oxygen atoms in total. The molecular formula is C16H22N2O4S. The average Bonchev–Trinajstić information content (AvgIpc) is 2.52. The van der Waals surface area contributed by atoms with Gasteiger partial charge in [0.1, 0.15) is 0 Å². The second-order valence-corrected chi connectivity index (χ2v) is 8.12. The fourth-order valence-electron chi connectivity index (χ4n) is 3.23. The van der Waals surface area contributed by atoms with Gasteiger partial charge in [-0.25, -0.2) is 13.1 Å². The molecule has 0 unspecified atom stereocenters. The van der Waals surface area contributed by atoms with Crippen molar-refractivity contribution in [3.63, 3.8) is 0 Å². The quantitative estimate of drug-likeness (QED) is 0.896. The highest BCUT2D eigenvalue weighted by molar-refractivity contribution is 7.89. The van der Waals surface area contributed by atoms with Crippen molar-refractivity contribution < 1.29 is 17.9 Å². The number of hydrogen-bond acceptors (Lipinski definition) is 4. The standard InChI is InChI=1S/C16H22N2O4S/c1-18(2)16(19)11-5-7-12(8-6-11)23(20,21)17-14-10-15-13(14)4-3-9-22-15/h5-8,13-15,17H,3-4,9-10H2,1-2H3/t13-,14-,15+/m1/s1. The van der Waals surface area contributed by atoms with Gasteiger partial charge in [0.05, 0.1) is 11.0 Å². The van der Waals surface area contributed by atoms with Crippen LogP contribution in [0.1, 0.15) is 29.6 Å². The fraction of sp³-hybridized carbons (Fsp3) is 0.562. The van der Waals surface area contributed by atoms with Gasteiger partial charge < -0.3 is 9.64 Å². The molecule has 0 bridgehead atoms. The number of hydrogen-bond donors (Lipinski definition) is 1. The van der Waals surface area contributed by atoms with E-state index in [1.807, 2.05) is 0 Å². The zero-order valence-corrected chi connectivity index (χ0v) is 14.2. The van der Waals surface area contributed by atoms with Gasteiger partial charge in [0.2, 0.25) is 10.0 Å². The van der Waals surface area contributed by atoms with Crippen molar-refractivity contribution in [2.45, 2.75) is 36.3 Å². The number of ether oxygens (including phenoxy) is 1. The molecule has 0 radical (unpaired) electrons. The number of benzene rings is 1. The molecule has 0 aromatic heterocycles. The van der Waals surface area contributed by atoms with Crippen molar-refractivity contribution in [2.24, 2.45) is 5.92 Å². The van der Waals surface area contributed by atoms with E-state index in [1.165, 1.54) is 17.0 Å². The molecule has 1 heterocycles. The first-order valence-corrected chi connectivity index (χ1v) is 9.32. The second-order valence-electron chi connectivity index (χ2n) is 6.40. The molecule has 1 aromatic rings. The van der Waals surface area contributed by atoms with Crippen LogP contribution in [0.4, 0.5) is 0 Å². The summed E-state index contributed by atoms with van der Waals surface area (Å²) in [7, 11) is -0.243. The lowest BCUT2D eigenvalue weighted by atomic mass is 9.73. The van der Waals surface area contributed by atoms with Gasteiger partial charge in [0.15, 0.2) is 0 Å². The van der Waals surface area contributed by atoms with Crippen LogP contribution in [-0.2, 0) is 14.8 Å². The van der Waals surface area contributed by atoms with Crippen molar-refractivity contribution in [1.29, 1.82) is 0 Å². The second kappa shape index (κ2) is 6.22. The largest absolute Gasteiger partial charge is 0.378 e. The third-order valence-electron chi connectivity index (χ3n) is 4.62. The van der Waals surface area contributed by atoms with E-state index in [0.717, 1.165) is 25.9 Å². The van der Waals surface area contributed by atoms with Crippen molar-refractivity contribution in [2.75, 3.05) is 20.7 Å². The van der Waals surface area contributed by atoms with Crippen LogP contribution in [0.15, 0.2) is 29.2 Å². The van der Waals surface area contributed by atoms with E-state index in [-0.39, 0.29) is 28.9 Å². The maximum Gasteiger partial charge on any atom is 0.253 e. The Bertz CT molecular complexity index is 685. The van der Waals surface area contributed by atoms with Crippen LogP contribution in [0.25, 0.3) is 0 Å². The zero-order valence-electron chi connectivity index (χ0n) is 13.4. The summed E-state index contributed by atoms with van der Waals surface area (Å²) < 4.78 is 33.3. The molecule has 1 amide bonds. The molecule has 3 rings (SSSR count). The molecule has 23 heavy (non-hydrogen) atoms. The summed E-state index contributed by atoms with van der Waals surface area (Å²) in [6, 6.07) is 6.00. The molecule has 1 saturated heterocycles. The predicted octanol–water partition coefficient (Wildman–Crippen LogP) is 1.23. The van der Waals surface area contributed by atoms with Crippen molar-refractivity contribution in [3.8, 4) is 0 Å². The number of rotatable bonds is 4. The Morgan fingerprint density at radius 2 is 1.96 bits per heavy atom. The Kier molecular flexibility index (Phi) is 4.44. The SMILES string of the molecule is CN(C)C(=O)c1ccc(S(=O)(=O)N[C@@H]2C[C@@H]3OCCC[C@@H]32)cc1. The van der Waals surface area contributed by atoms with E-state index < -0.39 is 10.0 Å². The summed E-state index contributed by atoms with van der Waals surface area (Å²) in [5.41, 5.74) is 0.471. The minimum atomic E-state index is -3.56. The third-order valence-corrected chi connectivity index (χ3v) is 6.12. The van der Waals surface area contributed by atoms with Crippen LogP contribution in [0.5, 0.6) is 0 Å². The van der Waals surface area contributed by atoms with Crippen LogP contribution in [0.2, 0.25) is 0 Å². The first-order chi connectivity index (χ1) is 10.9. The Balaban J connectivity index is 1.69. The highest BCUT2D eigenvalue weighted by Gasteiger charge is 2.45. The summed E-state index contributed by atoms with van der Waals surface area (Å²) in [4.78, 5) is 13.5. The van der Waals surface area contributed by atoms with Gasteiger partial charge in [-0.2, -0.15) is 0 Å². The van der Waals surface area contributed by atoms with Gasteiger partial charge in [-0.1, -0.05) is 0 Å². The molecule has 1 aliphatic heterocycles. The molecule has 0 spiro atoms. The molecule has 1 aliphatic carbocycles. The number of carbonyl (C=O) groups excluding carboxylic acids is 1. The molecule has 1 N–H and O–H groups in total. The minimum absolute atomic E-state index is 0.0478. The van der Waals surface area contributed by atoms with E-state index in [4.69, 9.17) is 4.74 Å². The van der Waals surface area contributed by atoms with E-state index in [0.29, 0.717) is 5.56 Å². The number of nitrogens with one attached hydrogen (secondary N) is 1. The van der Waals surface area contributed by atoms with Gasteiger partial charge in [0, 0.05) is 38.2 Å². The van der Waals surface area contributed by atoms with Crippen LogP contribution >= 0.6 is 0 Å². The van der Waals surface area contributed by atoms with Gasteiger partial charge in [0.25, 0.3) is 5.91 Å². The Labute approximate surface area is 136 Å².